The zero-order valence-electron chi connectivity index (χ0n) is 9.32. The molecular weight excluding hydrogens is 224 g/mol. The van der Waals surface area contributed by atoms with E-state index in [2.05, 4.69) is 15.0 Å². The van der Waals surface area contributed by atoms with Gasteiger partial charge >= 0.3 is 11.4 Å². The average molecular weight is 236 g/mol. The van der Waals surface area contributed by atoms with Crippen LogP contribution in [-0.4, -0.2) is 19.5 Å². The SMILES string of the molecule is CCCCn1c(=O)[nH]c(=O)c2cnc(=O)[nH]c21. The molecule has 0 saturated heterocycles. The Labute approximate surface area is 95.1 Å². The summed E-state index contributed by atoms with van der Waals surface area (Å²) < 4.78 is 1.35. The third kappa shape index (κ3) is 2.03. The van der Waals surface area contributed by atoms with Gasteiger partial charge in [0.15, 0.2) is 0 Å². The van der Waals surface area contributed by atoms with Crippen LogP contribution in [0, 0.1) is 0 Å². The fraction of sp³-hybridized carbons (Fsp3) is 0.400. The van der Waals surface area contributed by atoms with Gasteiger partial charge in [-0.1, -0.05) is 13.3 Å². The van der Waals surface area contributed by atoms with Crippen LogP contribution in [0.5, 0.6) is 0 Å². The Kier molecular flexibility index (Phi) is 2.90. The summed E-state index contributed by atoms with van der Waals surface area (Å²) >= 11 is 0. The van der Waals surface area contributed by atoms with Crippen LogP contribution in [0.25, 0.3) is 11.0 Å². The second-order valence-electron chi connectivity index (χ2n) is 3.72. The number of H-pyrrole nitrogens is 2. The Morgan fingerprint density at radius 1 is 1.29 bits per heavy atom. The summed E-state index contributed by atoms with van der Waals surface area (Å²) in [5.74, 6) is 0. The third-order valence-corrected chi connectivity index (χ3v) is 2.51. The Bertz CT molecular complexity index is 710. The Hall–Kier alpha value is -2.18. The van der Waals surface area contributed by atoms with E-state index >= 15 is 0 Å². The monoisotopic (exact) mass is 236 g/mol. The summed E-state index contributed by atoms with van der Waals surface area (Å²) in [4.78, 5) is 42.4. The first-order valence-electron chi connectivity index (χ1n) is 5.35. The summed E-state index contributed by atoms with van der Waals surface area (Å²) in [5, 5.41) is 0.209. The molecule has 0 radical (unpaired) electrons. The summed E-state index contributed by atoms with van der Waals surface area (Å²) in [5.41, 5.74) is -1.40. The summed E-state index contributed by atoms with van der Waals surface area (Å²) in [6.45, 7) is 2.44. The van der Waals surface area contributed by atoms with E-state index in [-0.39, 0.29) is 11.0 Å². The molecule has 0 aromatic carbocycles. The summed E-state index contributed by atoms with van der Waals surface area (Å²) in [6.07, 6.45) is 2.86. The second kappa shape index (κ2) is 4.36. The van der Waals surface area contributed by atoms with E-state index in [0.29, 0.717) is 6.54 Å². The Balaban J connectivity index is 2.80. The standard InChI is InChI=1S/C10H12N4O3/c1-2-3-4-14-7-6(5-11-9(16)12-7)8(15)13-10(14)17/h5H,2-4H2,1H3,(H,11,12,16)(H,13,15,17). The molecule has 7 nitrogen and oxygen atoms in total. The van der Waals surface area contributed by atoms with Crippen molar-refractivity contribution in [2.24, 2.45) is 0 Å². The molecule has 0 spiro atoms. The van der Waals surface area contributed by atoms with Gasteiger partial charge in [-0.15, -0.1) is 0 Å². The van der Waals surface area contributed by atoms with Gasteiger partial charge in [-0.2, -0.15) is 0 Å². The van der Waals surface area contributed by atoms with Gasteiger partial charge in [0.2, 0.25) is 0 Å². The van der Waals surface area contributed by atoms with Crippen LogP contribution >= 0.6 is 0 Å². The molecule has 0 unspecified atom stereocenters. The highest BCUT2D eigenvalue weighted by molar-refractivity contribution is 5.71. The molecule has 17 heavy (non-hydrogen) atoms. The lowest BCUT2D eigenvalue weighted by atomic mass is 10.3. The highest BCUT2D eigenvalue weighted by Crippen LogP contribution is 2.01. The molecule has 2 aromatic heterocycles. The molecule has 0 atom stereocenters. The number of nitrogens with one attached hydrogen (secondary N) is 2. The largest absolute Gasteiger partial charge is 0.346 e. The smallest absolute Gasteiger partial charge is 0.291 e. The van der Waals surface area contributed by atoms with Crippen molar-refractivity contribution in [3.63, 3.8) is 0 Å². The van der Waals surface area contributed by atoms with Crippen molar-refractivity contribution in [3.8, 4) is 0 Å². The van der Waals surface area contributed by atoms with Crippen LogP contribution in [-0.2, 0) is 6.54 Å². The Morgan fingerprint density at radius 2 is 2.06 bits per heavy atom. The molecular formula is C10H12N4O3. The van der Waals surface area contributed by atoms with Gasteiger partial charge in [0.05, 0.1) is 5.39 Å². The molecule has 0 bridgehead atoms. The first kappa shape index (κ1) is 11.3. The number of hydrogen-bond donors (Lipinski definition) is 2. The predicted octanol–water partition coefficient (Wildman–Crippen LogP) is -0.427. The molecule has 0 amide bonds. The van der Waals surface area contributed by atoms with E-state index in [0.717, 1.165) is 12.8 Å². The molecule has 7 heteroatoms. The van der Waals surface area contributed by atoms with Gasteiger partial charge in [-0.05, 0) is 6.42 Å². The molecule has 0 saturated carbocycles. The van der Waals surface area contributed by atoms with Crippen LogP contribution in [0.4, 0.5) is 0 Å². The maximum absolute atomic E-state index is 11.6. The summed E-state index contributed by atoms with van der Waals surface area (Å²) in [7, 11) is 0. The normalized spacial score (nSPS) is 10.9. The van der Waals surface area contributed by atoms with Crippen LogP contribution in [0.15, 0.2) is 20.6 Å². The molecule has 2 rings (SSSR count). The third-order valence-electron chi connectivity index (χ3n) is 2.51. The van der Waals surface area contributed by atoms with Gasteiger partial charge < -0.3 is 0 Å². The maximum atomic E-state index is 11.6. The van der Waals surface area contributed by atoms with Crippen molar-refractivity contribution < 1.29 is 0 Å². The van der Waals surface area contributed by atoms with E-state index in [4.69, 9.17) is 0 Å². The van der Waals surface area contributed by atoms with Crippen LogP contribution in [0.3, 0.4) is 0 Å². The molecule has 2 heterocycles. The van der Waals surface area contributed by atoms with E-state index < -0.39 is 16.9 Å². The fourth-order valence-electron chi connectivity index (χ4n) is 1.63. The van der Waals surface area contributed by atoms with Gasteiger partial charge in [-0.25, -0.2) is 14.6 Å². The van der Waals surface area contributed by atoms with E-state index in [1.807, 2.05) is 6.92 Å². The number of aryl methyl sites for hydroxylation is 1. The van der Waals surface area contributed by atoms with Crippen LogP contribution in [0.2, 0.25) is 0 Å². The fourth-order valence-corrected chi connectivity index (χ4v) is 1.63. The molecule has 0 aliphatic carbocycles. The van der Waals surface area contributed by atoms with Gasteiger partial charge in [-0.3, -0.25) is 19.3 Å². The topological polar surface area (TPSA) is 101 Å². The Morgan fingerprint density at radius 3 is 2.76 bits per heavy atom. The lowest BCUT2D eigenvalue weighted by Crippen LogP contribution is -2.32. The highest BCUT2D eigenvalue weighted by Gasteiger charge is 2.07. The van der Waals surface area contributed by atoms with Crippen molar-refractivity contribution in [3.05, 3.63) is 37.5 Å². The zero-order valence-corrected chi connectivity index (χ0v) is 9.32. The minimum atomic E-state index is -0.576. The minimum absolute atomic E-state index is 0.209. The predicted molar refractivity (Wildman–Crippen MR) is 62.2 cm³/mol. The van der Waals surface area contributed by atoms with Gasteiger partial charge in [0.25, 0.3) is 5.56 Å². The van der Waals surface area contributed by atoms with Crippen molar-refractivity contribution in [1.29, 1.82) is 0 Å². The quantitative estimate of drug-likeness (QED) is 0.755. The number of unbranched alkanes of at least 4 members (excludes halogenated alkanes) is 1. The number of aromatic nitrogens is 4. The molecule has 90 valence electrons. The van der Waals surface area contributed by atoms with Crippen LogP contribution in [0.1, 0.15) is 19.8 Å². The maximum Gasteiger partial charge on any atom is 0.346 e. The molecule has 0 aliphatic heterocycles. The van der Waals surface area contributed by atoms with Crippen LogP contribution < -0.4 is 16.9 Å². The average Bonchev–Trinajstić information content (AvgIpc) is 2.28. The molecule has 2 aromatic rings. The first-order valence-corrected chi connectivity index (χ1v) is 5.35. The zero-order chi connectivity index (χ0) is 12.4. The number of rotatable bonds is 3. The number of hydrogen-bond acceptors (Lipinski definition) is 4. The number of aromatic amines is 2. The minimum Gasteiger partial charge on any atom is -0.291 e. The lowest BCUT2D eigenvalue weighted by molar-refractivity contribution is 0.611. The first-order chi connectivity index (χ1) is 8.13. The van der Waals surface area contributed by atoms with Crippen molar-refractivity contribution in [2.75, 3.05) is 0 Å². The van der Waals surface area contributed by atoms with E-state index in [1.54, 1.807) is 0 Å². The number of fused-ring (bicyclic) bond motifs is 1. The van der Waals surface area contributed by atoms with Crippen molar-refractivity contribution in [1.82, 2.24) is 19.5 Å². The number of nitrogens with zero attached hydrogens (tertiary/aromatic N) is 2. The van der Waals surface area contributed by atoms with E-state index in [9.17, 15) is 14.4 Å². The lowest BCUT2D eigenvalue weighted by Gasteiger charge is -2.07. The molecule has 2 N–H and O–H groups in total. The van der Waals surface area contributed by atoms with E-state index in [1.165, 1.54) is 10.8 Å². The van der Waals surface area contributed by atoms with Crippen molar-refractivity contribution in [2.45, 2.75) is 26.3 Å². The molecule has 0 fully saturated rings. The van der Waals surface area contributed by atoms with Gasteiger partial charge in [0, 0.05) is 12.7 Å². The van der Waals surface area contributed by atoms with Crippen molar-refractivity contribution >= 4 is 11.0 Å². The highest BCUT2D eigenvalue weighted by atomic mass is 16.2. The molecule has 0 aliphatic rings. The summed E-state index contributed by atoms with van der Waals surface area (Å²) in [6, 6.07) is 0. The van der Waals surface area contributed by atoms with Gasteiger partial charge in [0.1, 0.15) is 5.65 Å². The second-order valence-corrected chi connectivity index (χ2v) is 3.72.